The van der Waals surface area contributed by atoms with Crippen LogP contribution in [-0.2, 0) is 19.4 Å². The molecule has 4 rings (SSSR count). The summed E-state index contributed by atoms with van der Waals surface area (Å²) < 4.78 is 2.14. The number of fused-ring (bicyclic) bond motifs is 3. The topological polar surface area (TPSA) is 50.7 Å². The largest absolute Gasteiger partial charge is 0.323 e. The minimum Gasteiger partial charge on any atom is -0.323 e. The quantitative estimate of drug-likeness (QED) is 0.722. The second kappa shape index (κ2) is 5.69. The van der Waals surface area contributed by atoms with Gasteiger partial charge < -0.3 is 4.98 Å². The first kappa shape index (κ1) is 14.8. The van der Waals surface area contributed by atoms with E-state index in [9.17, 15) is 4.79 Å². The highest BCUT2D eigenvalue weighted by Gasteiger charge is 2.23. The zero-order chi connectivity index (χ0) is 16.0. The van der Waals surface area contributed by atoms with Gasteiger partial charge in [-0.25, -0.2) is 0 Å². The van der Waals surface area contributed by atoms with E-state index < -0.39 is 0 Å². The van der Waals surface area contributed by atoms with Crippen molar-refractivity contribution in [1.29, 1.82) is 0 Å². The fourth-order valence-corrected chi connectivity index (χ4v) is 4.99. The van der Waals surface area contributed by atoms with Crippen molar-refractivity contribution < 1.29 is 0 Å². The normalized spacial score (nSPS) is 17.3. The Morgan fingerprint density at radius 3 is 3.17 bits per heavy atom. The van der Waals surface area contributed by atoms with E-state index in [2.05, 4.69) is 16.9 Å². The smallest absolute Gasteiger partial charge is 0.263 e. The standard InChI is InChI=1S/C17H17N3OS2/c1-10-4-5-12-13(7-10)23-15-14(12)16(21)20(17(22)19-15)9-11-3-2-6-18-8-11/h2-3,6,8,10H,4-5,7,9H2,1H3,(H,19,22)/t10-/m1/s1. The summed E-state index contributed by atoms with van der Waals surface area (Å²) in [5.41, 5.74) is 2.24. The molecule has 3 aromatic heterocycles. The summed E-state index contributed by atoms with van der Waals surface area (Å²) in [4.78, 5) is 22.7. The monoisotopic (exact) mass is 343 g/mol. The first-order chi connectivity index (χ1) is 11.1. The summed E-state index contributed by atoms with van der Waals surface area (Å²) in [5.74, 6) is 0.691. The molecule has 0 radical (unpaired) electrons. The van der Waals surface area contributed by atoms with E-state index in [0.717, 1.165) is 35.0 Å². The van der Waals surface area contributed by atoms with Gasteiger partial charge in [0.2, 0.25) is 0 Å². The van der Waals surface area contributed by atoms with E-state index in [1.807, 2.05) is 12.1 Å². The van der Waals surface area contributed by atoms with Crippen LogP contribution >= 0.6 is 23.6 Å². The minimum atomic E-state index is 0.0275. The minimum absolute atomic E-state index is 0.0275. The van der Waals surface area contributed by atoms with Crippen molar-refractivity contribution in [2.24, 2.45) is 5.92 Å². The molecule has 0 aliphatic heterocycles. The Kier molecular flexibility index (Phi) is 3.66. The molecular weight excluding hydrogens is 326 g/mol. The van der Waals surface area contributed by atoms with Crippen LogP contribution in [-0.4, -0.2) is 14.5 Å². The molecule has 0 saturated heterocycles. The zero-order valence-corrected chi connectivity index (χ0v) is 14.5. The zero-order valence-electron chi connectivity index (χ0n) is 12.8. The van der Waals surface area contributed by atoms with Crippen molar-refractivity contribution in [1.82, 2.24) is 14.5 Å². The van der Waals surface area contributed by atoms with Crippen LogP contribution in [0.25, 0.3) is 10.2 Å². The van der Waals surface area contributed by atoms with Crippen LogP contribution in [0.15, 0.2) is 29.3 Å². The lowest BCUT2D eigenvalue weighted by molar-refractivity contribution is 0.509. The molecule has 0 saturated carbocycles. The summed E-state index contributed by atoms with van der Waals surface area (Å²) in [7, 11) is 0. The van der Waals surface area contributed by atoms with Crippen LogP contribution < -0.4 is 5.56 Å². The molecule has 0 aromatic carbocycles. The summed E-state index contributed by atoms with van der Waals surface area (Å²) in [5, 5.41) is 0.842. The molecule has 118 valence electrons. The van der Waals surface area contributed by atoms with E-state index in [0.29, 0.717) is 17.2 Å². The van der Waals surface area contributed by atoms with Crippen molar-refractivity contribution in [3.8, 4) is 0 Å². The molecule has 1 aliphatic carbocycles. The fourth-order valence-electron chi connectivity index (χ4n) is 3.27. The Morgan fingerprint density at radius 1 is 1.52 bits per heavy atom. The number of hydrogen-bond acceptors (Lipinski definition) is 4. The number of pyridine rings is 1. The predicted octanol–water partition coefficient (Wildman–Crippen LogP) is 3.69. The van der Waals surface area contributed by atoms with E-state index in [1.165, 1.54) is 10.4 Å². The van der Waals surface area contributed by atoms with Gasteiger partial charge in [-0.15, -0.1) is 11.3 Å². The maximum atomic E-state index is 13.0. The van der Waals surface area contributed by atoms with E-state index >= 15 is 0 Å². The van der Waals surface area contributed by atoms with Gasteiger partial charge in [0.15, 0.2) is 4.77 Å². The van der Waals surface area contributed by atoms with Crippen molar-refractivity contribution in [3.05, 3.63) is 55.7 Å². The number of aromatic amines is 1. The van der Waals surface area contributed by atoms with Gasteiger partial charge in [0.05, 0.1) is 11.9 Å². The molecule has 1 N–H and O–H groups in total. The van der Waals surface area contributed by atoms with E-state index in [-0.39, 0.29) is 5.56 Å². The lowest BCUT2D eigenvalue weighted by atomic mass is 9.89. The van der Waals surface area contributed by atoms with Gasteiger partial charge in [-0.2, -0.15) is 0 Å². The highest BCUT2D eigenvalue weighted by molar-refractivity contribution is 7.71. The SMILES string of the molecule is C[C@@H]1CCc2c(sc3[nH]c(=S)n(Cc4cccnc4)c(=O)c23)C1. The molecule has 0 spiro atoms. The lowest BCUT2D eigenvalue weighted by Crippen LogP contribution is -2.23. The summed E-state index contributed by atoms with van der Waals surface area (Å²) in [6.45, 7) is 2.73. The van der Waals surface area contributed by atoms with Crippen molar-refractivity contribution in [2.75, 3.05) is 0 Å². The molecule has 4 nitrogen and oxygen atoms in total. The molecule has 6 heteroatoms. The molecule has 3 aromatic rings. The second-order valence-electron chi connectivity index (χ2n) is 6.24. The first-order valence-corrected chi connectivity index (χ1v) is 9.02. The van der Waals surface area contributed by atoms with Crippen LogP contribution in [0.5, 0.6) is 0 Å². The van der Waals surface area contributed by atoms with Crippen LogP contribution in [0, 0.1) is 10.7 Å². The third-order valence-corrected chi connectivity index (χ3v) is 5.99. The van der Waals surface area contributed by atoms with Gasteiger partial charge in [-0.3, -0.25) is 14.3 Å². The maximum absolute atomic E-state index is 13.0. The Morgan fingerprint density at radius 2 is 2.39 bits per heavy atom. The Labute approximate surface area is 142 Å². The highest BCUT2D eigenvalue weighted by Crippen LogP contribution is 2.35. The molecule has 0 bridgehead atoms. The Hall–Kier alpha value is -1.79. The third-order valence-electron chi connectivity index (χ3n) is 4.50. The van der Waals surface area contributed by atoms with Crippen LogP contribution in [0.4, 0.5) is 0 Å². The van der Waals surface area contributed by atoms with Gasteiger partial charge in [-0.05, 0) is 54.6 Å². The molecule has 0 fully saturated rings. The lowest BCUT2D eigenvalue weighted by Gasteiger charge is -2.17. The molecule has 0 unspecified atom stereocenters. The van der Waals surface area contributed by atoms with Crippen molar-refractivity contribution in [2.45, 2.75) is 32.7 Å². The Balaban J connectivity index is 1.90. The van der Waals surface area contributed by atoms with Gasteiger partial charge in [0.1, 0.15) is 4.83 Å². The number of thiophene rings is 1. The van der Waals surface area contributed by atoms with Crippen LogP contribution in [0.1, 0.15) is 29.3 Å². The number of hydrogen-bond donors (Lipinski definition) is 1. The molecule has 1 atom stereocenters. The number of aryl methyl sites for hydroxylation is 1. The fraction of sp³-hybridized carbons (Fsp3) is 0.353. The molecule has 1 aliphatic rings. The number of H-pyrrole nitrogens is 1. The number of nitrogens with zero attached hydrogens (tertiary/aromatic N) is 2. The van der Waals surface area contributed by atoms with E-state index in [4.69, 9.17) is 12.2 Å². The maximum Gasteiger partial charge on any atom is 0.263 e. The van der Waals surface area contributed by atoms with Gasteiger partial charge >= 0.3 is 0 Å². The summed E-state index contributed by atoms with van der Waals surface area (Å²) in [6.07, 6.45) is 6.71. The summed E-state index contributed by atoms with van der Waals surface area (Å²) in [6, 6.07) is 3.84. The number of rotatable bonds is 2. The van der Waals surface area contributed by atoms with Gasteiger partial charge in [0, 0.05) is 17.3 Å². The molecule has 0 amide bonds. The van der Waals surface area contributed by atoms with Crippen molar-refractivity contribution >= 4 is 33.8 Å². The van der Waals surface area contributed by atoms with Crippen molar-refractivity contribution in [3.63, 3.8) is 0 Å². The third kappa shape index (κ3) is 2.56. The first-order valence-electron chi connectivity index (χ1n) is 7.79. The average molecular weight is 343 g/mol. The molecular formula is C17H17N3OS2. The highest BCUT2D eigenvalue weighted by atomic mass is 32.1. The van der Waals surface area contributed by atoms with Crippen LogP contribution in [0.2, 0.25) is 0 Å². The number of aromatic nitrogens is 3. The predicted molar refractivity (Wildman–Crippen MR) is 95.8 cm³/mol. The van der Waals surface area contributed by atoms with Gasteiger partial charge in [0.25, 0.3) is 5.56 Å². The summed E-state index contributed by atoms with van der Waals surface area (Å²) >= 11 is 7.12. The Bertz CT molecular complexity index is 985. The molecule has 3 heterocycles. The molecule has 23 heavy (non-hydrogen) atoms. The van der Waals surface area contributed by atoms with Crippen LogP contribution in [0.3, 0.4) is 0 Å². The second-order valence-corrected chi connectivity index (χ2v) is 7.73. The number of nitrogens with one attached hydrogen (secondary N) is 1. The van der Waals surface area contributed by atoms with E-state index in [1.54, 1.807) is 28.3 Å². The average Bonchev–Trinajstić information content (AvgIpc) is 2.89. The van der Waals surface area contributed by atoms with Gasteiger partial charge in [-0.1, -0.05) is 13.0 Å².